The first-order valence-electron chi connectivity index (χ1n) is 4.33. The minimum absolute atomic E-state index is 0.173. The largest absolute Gasteiger partial charge is 0.293 e. The third-order valence-electron chi connectivity index (χ3n) is 1.61. The van der Waals surface area contributed by atoms with Crippen LogP contribution in [0, 0.1) is 0 Å². The van der Waals surface area contributed by atoms with E-state index in [1.165, 1.54) is 0 Å². The average Bonchev–Trinajstić information content (AvgIpc) is 2.52. The average molecular weight is 198 g/mol. The first-order chi connectivity index (χ1) is 6.24. The number of aromatic nitrogens is 2. The van der Waals surface area contributed by atoms with Crippen LogP contribution < -0.4 is 0 Å². The van der Waals surface area contributed by atoms with Crippen molar-refractivity contribution in [3.05, 3.63) is 18.0 Å². The maximum absolute atomic E-state index is 11.5. The first kappa shape index (κ1) is 10.3. The second-order valence-electron chi connectivity index (χ2n) is 2.88. The molecule has 0 atom stereocenters. The Bertz CT molecular complexity index is 283. The number of hydrogen-bond acceptors (Lipinski definition) is 3. The van der Waals surface area contributed by atoms with E-state index in [2.05, 4.69) is 12.0 Å². The van der Waals surface area contributed by atoms with E-state index in [4.69, 9.17) is 0 Å². The number of carbonyl (C=O) groups excluding carboxylic acids is 1. The van der Waals surface area contributed by atoms with Crippen molar-refractivity contribution in [3.63, 3.8) is 0 Å². The molecule has 0 bridgehead atoms. The standard InChI is InChI=1S/C9H14N2OS/c1-3-4-13-7-9(12)8-5-10-11(2)6-8/h5-6H,3-4,7H2,1-2H3. The van der Waals surface area contributed by atoms with Crippen LogP contribution >= 0.6 is 11.8 Å². The van der Waals surface area contributed by atoms with Gasteiger partial charge in [0.05, 0.1) is 17.5 Å². The van der Waals surface area contributed by atoms with Crippen molar-refractivity contribution in [1.29, 1.82) is 0 Å². The fourth-order valence-electron chi connectivity index (χ4n) is 0.958. The van der Waals surface area contributed by atoms with E-state index in [0.717, 1.165) is 12.2 Å². The molecule has 1 heterocycles. The van der Waals surface area contributed by atoms with Crippen LogP contribution in [-0.2, 0) is 7.05 Å². The predicted molar refractivity (Wildman–Crippen MR) is 55.2 cm³/mol. The Morgan fingerprint density at radius 2 is 2.46 bits per heavy atom. The molecule has 72 valence electrons. The van der Waals surface area contributed by atoms with Gasteiger partial charge < -0.3 is 0 Å². The van der Waals surface area contributed by atoms with Gasteiger partial charge in [0, 0.05) is 13.2 Å². The quantitative estimate of drug-likeness (QED) is 0.534. The molecule has 0 saturated carbocycles. The number of ketones is 1. The summed E-state index contributed by atoms with van der Waals surface area (Å²) in [6, 6.07) is 0. The number of nitrogens with zero attached hydrogens (tertiary/aromatic N) is 2. The zero-order valence-electron chi connectivity index (χ0n) is 7.99. The van der Waals surface area contributed by atoms with Crippen molar-refractivity contribution in [3.8, 4) is 0 Å². The van der Waals surface area contributed by atoms with Crippen LogP contribution in [0.15, 0.2) is 12.4 Å². The molecule has 0 radical (unpaired) electrons. The Balaban J connectivity index is 2.40. The number of rotatable bonds is 5. The molecular formula is C9H14N2OS. The van der Waals surface area contributed by atoms with Gasteiger partial charge in [-0.3, -0.25) is 9.48 Å². The number of Topliss-reactive ketones (excluding diaryl/α,β-unsaturated/α-hetero) is 1. The van der Waals surface area contributed by atoms with Crippen LogP contribution in [0.2, 0.25) is 0 Å². The van der Waals surface area contributed by atoms with Crippen molar-refractivity contribution in [2.45, 2.75) is 13.3 Å². The lowest BCUT2D eigenvalue weighted by Crippen LogP contribution is -2.01. The van der Waals surface area contributed by atoms with Crippen molar-refractivity contribution in [2.75, 3.05) is 11.5 Å². The van der Waals surface area contributed by atoms with Crippen molar-refractivity contribution in [2.24, 2.45) is 7.05 Å². The molecule has 0 aliphatic rings. The van der Waals surface area contributed by atoms with E-state index in [-0.39, 0.29) is 5.78 Å². The molecule has 0 unspecified atom stereocenters. The van der Waals surface area contributed by atoms with Crippen LogP contribution in [-0.4, -0.2) is 27.1 Å². The van der Waals surface area contributed by atoms with Crippen LogP contribution in [0.3, 0.4) is 0 Å². The Morgan fingerprint density at radius 3 is 3.00 bits per heavy atom. The smallest absolute Gasteiger partial charge is 0.175 e. The number of hydrogen-bond donors (Lipinski definition) is 0. The summed E-state index contributed by atoms with van der Waals surface area (Å²) < 4.78 is 1.65. The molecular weight excluding hydrogens is 184 g/mol. The molecule has 3 nitrogen and oxygen atoms in total. The highest BCUT2D eigenvalue weighted by Gasteiger charge is 2.06. The summed E-state index contributed by atoms with van der Waals surface area (Å²) >= 11 is 1.68. The monoisotopic (exact) mass is 198 g/mol. The zero-order chi connectivity index (χ0) is 9.68. The molecule has 0 aliphatic carbocycles. The molecule has 1 aromatic rings. The van der Waals surface area contributed by atoms with Gasteiger partial charge in [-0.15, -0.1) is 0 Å². The van der Waals surface area contributed by atoms with Crippen molar-refractivity contribution in [1.82, 2.24) is 9.78 Å². The fraction of sp³-hybridized carbons (Fsp3) is 0.556. The van der Waals surface area contributed by atoms with E-state index >= 15 is 0 Å². The molecule has 13 heavy (non-hydrogen) atoms. The molecule has 0 aromatic carbocycles. The molecule has 1 rings (SSSR count). The van der Waals surface area contributed by atoms with Gasteiger partial charge in [0.25, 0.3) is 0 Å². The van der Waals surface area contributed by atoms with Gasteiger partial charge in [0.1, 0.15) is 0 Å². The Hall–Kier alpha value is -0.770. The van der Waals surface area contributed by atoms with E-state index in [1.807, 2.05) is 7.05 Å². The minimum Gasteiger partial charge on any atom is -0.293 e. The van der Waals surface area contributed by atoms with Crippen LogP contribution in [0.1, 0.15) is 23.7 Å². The van der Waals surface area contributed by atoms with Gasteiger partial charge in [0.15, 0.2) is 5.78 Å². The summed E-state index contributed by atoms with van der Waals surface area (Å²) in [7, 11) is 1.82. The van der Waals surface area contributed by atoms with Gasteiger partial charge in [-0.25, -0.2) is 0 Å². The minimum atomic E-state index is 0.173. The number of aryl methyl sites for hydroxylation is 1. The topological polar surface area (TPSA) is 34.9 Å². The van der Waals surface area contributed by atoms with E-state index in [9.17, 15) is 4.79 Å². The SMILES string of the molecule is CCCSCC(=O)c1cnn(C)c1. The van der Waals surface area contributed by atoms with Crippen LogP contribution in [0.25, 0.3) is 0 Å². The van der Waals surface area contributed by atoms with E-state index in [1.54, 1.807) is 28.8 Å². The van der Waals surface area contributed by atoms with E-state index < -0.39 is 0 Å². The van der Waals surface area contributed by atoms with Gasteiger partial charge >= 0.3 is 0 Å². The predicted octanol–water partition coefficient (Wildman–Crippen LogP) is 1.75. The number of carbonyl (C=O) groups is 1. The normalized spacial score (nSPS) is 10.3. The van der Waals surface area contributed by atoms with Gasteiger partial charge in [-0.05, 0) is 12.2 Å². The third kappa shape index (κ3) is 3.22. The lowest BCUT2D eigenvalue weighted by atomic mass is 10.3. The van der Waals surface area contributed by atoms with Crippen LogP contribution in [0.4, 0.5) is 0 Å². The van der Waals surface area contributed by atoms with Crippen LogP contribution in [0.5, 0.6) is 0 Å². The highest BCUT2D eigenvalue weighted by atomic mass is 32.2. The van der Waals surface area contributed by atoms with Crippen molar-refractivity contribution < 1.29 is 4.79 Å². The molecule has 0 N–H and O–H groups in total. The molecule has 1 aromatic heterocycles. The fourth-order valence-corrected chi connectivity index (χ4v) is 1.74. The molecule has 0 aliphatic heterocycles. The maximum atomic E-state index is 11.5. The lowest BCUT2D eigenvalue weighted by Gasteiger charge is -1.95. The maximum Gasteiger partial charge on any atom is 0.175 e. The molecule has 0 fully saturated rings. The molecule has 4 heteroatoms. The Kier molecular flexibility index (Phi) is 4.02. The highest BCUT2D eigenvalue weighted by Crippen LogP contribution is 2.07. The molecule has 0 saturated heterocycles. The zero-order valence-corrected chi connectivity index (χ0v) is 8.80. The first-order valence-corrected chi connectivity index (χ1v) is 5.49. The molecule has 0 amide bonds. The summed E-state index contributed by atoms with van der Waals surface area (Å²) in [4.78, 5) is 11.5. The molecule has 0 spiro atoms. The summed E-state index contributed by atoms with van der Waals surface area (Å²) in [6.07, 6.45) is 4.49. The summed E-state index contributed by atoms with van der Waals surface area (Å²) in [5.74, 6) is 1.79. The Labute approximate surface area is 82.5 Å². The van der Waals surface area contributed by atoms with E-state index in [0.29, 0.717) is 11.3 Å². The van der Waals surface area contributed by atoms with Crippen molar-refractivity contribution >= 4 is 17.5 Å². The highest BCUT2D eigenvalue weighted by molar-refractivity contribution is 7.99. The van der Waals surface area contributed by atoms with Gasteiger partial charge in [0.2, 0.25) is 0 Å². The summed E-state index contributed by atoms with van der Waals surface area (Å²) in [5, 5.41) is 3.95. The lowest BCUT2D eigenvalue weighted by molar-refractivity contribution is 0.102. The Morgan fingerprint density at radius 1 is 1.69 bits per heavy atom. The third-order valence-corrected chi connectivity index (χ3v) is 2.77. The summed E-state index contributed by atoms with van der Waals surface area (Å²) in [5.41, 5.74) is 0.714. The summed E-state index contributed by atoms with van der Waals surface area (Å²) in [6.45, 7) is 2.11. The van der Waals surface area contributed by atoms with Gasteiger partial charge in [-0.1, -0.05) is 6.92 Å². The number of thioether (sulfide) groups is 1. The van der Waals surface area contributed by atoms with Gasteiger partial charge in [-0.2, -0.15) is 16.9 Å². The second-order valence-corrected chi connectivity index (χ2v) is 3.98. The second kappa shape index (κ2) is 5.07.